The molecule has 0 saturated carbocycles. The summed E-state index contributed by atoms with van der Waals surface area (Å²) in [5, 5.41) is 0. The quantitative estimate of drug-likeness (QED) is 0.0207. The molecule has 0 rings (SSSR count). The molecule has 0 aliphatic rings. The molecule has 0 radical (unpaired) electrons. The van der Waals surface area contributed by atoms with E-state index in [9.17, 15) is 19.0 Å². The van der Waals surface area contributed by atoms with Gasteiger partial charge in [0.1, 0.15) is 19.8 Å². The summed E-state index contributed by atoms with van der Waals surface area (Å²) in [6.07, 6.45) is 30.9. The van der Waals surface area contributed by atoms with Crippen molar-refractivity contribution in [1.82, 2.24) is 0 Å². The highest BCUT2D eigenvalue weighted by Crippen LogP contribution is 2.38. The van der Waals surface area contributed by atoms with E-state index in [4.69, 9.17) is 18.5 Å². The lowest BCUT2D eigenvalue weighted by molar-refractivity contribution is -0.870. The second kappa shape index (κ2) is 32.6. The van der Waals surface area contributed by atoms with Gasteiger partial charge in [-0.2, -0.15) is 0 Å². The van der Waals surface area contributed by atoms with Crippen LogP contribution in [0.5, 0.6) is 0 Å². The monoisotopic (exact) mass is 718 g/mol. The largest absolute Gasteiger partial charge is 0.756 e. The Morgan fingerprint density at radius 1 is 0.612 bits per heavy atom. The molecule has 0 heterocycles. The van der Waals surface area contributed by atoms with Gasteiger partial charge >= 0.3 is 11.9 Å². The number of phosphoric ester groups is 1. The Bertz CT molecular complexity index is 860. The summed E-state index contributed by atoms with van der Waals surface area (Å²) in [7, 11) is 1.17. The molecular weight excluding hydrogens is 641 g/mol. The molecule has 0 aliphatic heterocycles. The summed E-state index contributed by atoms with van der Waals surface area (Å²) in [6.45, 7) is 4.20. The molecule has 0 saturated heterocycles. The van der Waals surface area contributed by atoms with Gasteiger partial charge in [0.15, 0.2) is 6.10 Å². The Balaban J connectivity index is 4.42. The van der Waals surface area contributed by atoms with E-state index >= 15 is 0 Å². The average Bonchev–Trinajstić information content (AvgIpc) is 3.04. The van der Waals surface area contributed by atoms with Gasteiger partial charge in [-0.05, 0) is 38.5 Å². The van der Waals surface area contributed by atoms with Gasteiger partial charge in [0, 0.05) is 12.8 Å². The van der Waals surface area contributed by atoms with E-state index in [0.29, 0.717) is 17.4 Å². The number of quaternary nitrogens is 1. The van der Waals surface area contributed by atoms with E-state index < -0.39 is 26.5 Å². The zero-order valence-electron chi connectivity index (χ0n) is 32.4. The number of carbonyl (C=O) groups excluding carboxylic acids is 2. The lowest BCUT2D eigenvalue weighted by Crippen LogP contribution is -2.37. The van der Waals surface area contributed by atoms with Crippen LogP contribution in [0.15, 0.2) is 12.2 Å². The van der Waals surface area contributed by atoms with Crippen molar-refractivity contribution in [2.75, 3.05) is 47.5 Å². The second-order valence-corrected chi connectivity index (χ2v) is 16.1. The number of rotatable bonds is 36. The number of likely N-dealkylation sites (N-methyl/N-ethyl adjacent to an activating group) is 1. The Morgan fingerprint density at radius 3 is 1.51 bits per heavy atom. The zero-order valence-corrected chi connectivity index (χ0v) is 33.3. The number of carbonyl (C=O) groups is 2. The fraction of sp³-hybridized carbons (Fsp3) is 0.897. The maximum atomic E-state index is 12.6. The number of unbranched alkanes of at least 4 members (excludes halogenated alkanes) is 20. The van der Waals surface area contributed by atoms with Gasteiger partial charge in [-0.25, -0.2) is 0 Å². The predicted molar refractivity (Wildman–Crippen MR) is 199 cm³/mol. The van der Waals surface area contributed by atoms with Crippen molar-refractivity contribution < 1.29 is 42.1 Å². The summed E-state index contributed by atoms with van der Waals surface area (Å²) in [5.74, 6) is -0.841. The molecule has 0 aromatic rings. The first-order chi connectivity index (χ1) is 23.5. The lowest BCUT2D eigenvalue weighted by Gasteiger charge is -2.28. The lowest BCUT2D eigenvalue weighted by atomic mass is 10.1. The van der Waals surface area contributed by atoms with E-state index in [1.807, 2.05) is 21.1 Å². The summed E-state index contributed by atoms with van der Waals surface area (Å²) < 4.78 is 33.7. The minimum atomic E-state index is -4.61. The predicted octanol–water partition coefficient (Wildman–Crippen LogP) is 10.00. The van der Waals surface area contributed by atoms with Crippen LogP contribution in [0, 0.1) is 0 Å². The fourth-order valence-electron chi connectivity index (χ4n) is 5.35. The maximum absolute atomic E-state index is 12.6. The summed E-state index contributed by atoms with van der Waals surface area (Å²) >= 11 is 0. The number of esters is 2. The van der Waals surface area contributed by atoms with Gasteiger partial charge in [-0.15, -0.1) is 0 Å². The van der Waals surface area contributed by atoms with Crippen LogP contribution in [0.4, 0.5) is 0 Å². The van der Waals surface area contributed by atoms with Crippen molar-refractivity contribution in [3.8, 4) is 0 Å². The first-order valence-corrected chi connectivity index (χ1v) is 21.4. The van der Waals surface area contributed by atoms with Crippen molar-refractivity contribution in [3.05, 3.63) is 12.2 Å². The molecule has 0 spiro atoms. The molecule has 1 unspecified atom stereocenters. The van der Waals surface area contributed by atoms with Gasteiger partial charge in [-0.1, -0.05) is 135 Å². The standard InChI is InChI=1S/C39H76NO8P/c1-6-8-10-12-14-16-18-19-20-22-24-26-28-30-32-39(42)48-37(36-47-49(43,44)46-34-33-40(3,4)5)35-45-38(41)31-29-27-25-23-21-17-15-13-11-9-7-2/h18-19,37H,6-17,20-36H2,1-5H3/b19-18+/t37-/m1/s1. The number of nitrogens with zero attached hydrogens (tertiary/aromatic N) is 1. The minimum Gasteiger partial charge on any atom is -0.756 e. The normalized spacial score (nSPS) is 13.8. The molecule has 0 aromatic carbocycles. The number of ether oxygens (including phenoxy) is 2. The number of phosphoric acid groups is 1. The van der Waals surface area contributed by atoms with Crippen LogP contribution in [0.1, 0.15) is 174 Å². The van der Waals surface area contributed by atoms with Gasteiger partial charge < -0.3 is 27.9 Å². The smallest absolute Gasteiger partial charge is 0.306 e. The van der Waals surface area contributed by atoms with Crippen LogP contribution < -0.4 is 4.89 Å². The van der Waals surface area contributed by atoms with Crippen LogP contribution in [0.25, 0.3) is 0 Å². The van der Waals surface area contributed by atoms with Crippen molar-refractivity contribution in [1.29, 1.82) is 0 Å². The highest BCUT2D eigenvalue weighted by Gasteiger charge is 2.21. The van der Waals surface area contributed by atoms with E-state index in [2.05, 4.69) is 26.0 Å². The molecule has 0 amide bonds. The summed E-state index contributed by atoms with van der Waals surface area (Å²) in [5.41, 5.74) is 0. The average molecular weight is 718 g/mol. The molecule has 0 aliphatic carbocycles. The molecule has 10 heteroatoms. The van der Waals surface area contributed by atoms with E-state index in [0.717, 1.165) is 51.4 Å². The van der Waals surface area contributed by atoms with Crippen LogP contribution in [-0.2, 0) is 32.7 Å². The molecule has 290 valence electrons. The van der Waals surface area contributed by atoms with Gasteiger partial charge in [0.25, 0.3) is 7.82 Å². The third-order valence-corrected chi connectivity index (χ3v) is 9.50. The molecule has 0 fully saturated rings. The second-order valence-electron chi connectivity index (χ2n) is 14.7. The molecule has 9 nitrogen and oxygen atoms in total. The molecule has 0 aromatic heterocycles. The van der Waals surface area contributed by atoms with Crippen molar-refractivity contribution >= 4 is 19.8 Å². The third kappa shape index (κ3) is 36.3. The van der Waals surface area contributed by atoms with Crippen LogP contribution in [0.2, 0.25) is 0 Å². The first kappa shape index (κ1) is 47.8. The Kier molecular flexibility index (Phi) is 31.8. The van der Waals surface area contributed by atoms with E-state index in [1.165, 1.54) is 89.9 Å². The van der Waals surface area contributed by atoms with Crippen LogP contribution in [0.3, 0.4) is 0 Å². The number of hydrogen-bond donors (Lipinski definition) is 0. The zero-order chi connectivity index (χ0) is 36.5. The van der Waals surface area contributed by atoms with Crippen molar-refractivity contribution in [3.63, 3.8) is 0 Å². The van der Waals surface area contributed by atoms with E-state index in [-0.39, 0.29) is 32.0 Å². The van der Waals surface area contributed by atoms with Gasteiger partial charge in [0.05, 0.1) is 27.7 Å². The Morgan fingerprint density at radius 2 is 1.04 bits per heavy atom. The van der Waals surface area contributed by atoms with Crippen molar-refractivity contribution in [2.24, 2.45) is 0 Å². The van der Waals surface area contributed by atoms with Gasteiger partial charge in [-0.3, -0.25) is 14.2 Å². The molecule has 0 N–H and O–H groups in total. The Labute approximate surface area is 301 Å². The molecule has 2 atom stereocenters. The molecule has 0 bridgehead atoms. The first-order valence-electron chi connectivity index (χ1n) is 19.9. The van der Waals surface area contributed by atoms with E-state index in [1.54, 1.807) is 0 Å². The number of hydrogen-bond acceptors (Lipinski definition) is 8. The van der Waals surface area contributed by atoms with Crippen LogP contribution >= 0.6 is 7.82 Å². The summed E-state index contributed by atoms with van der Waals surface area (Å²) in [6, 6.07) is 0. The fourth-order valence-corrected chi connectivity index (χ4v) is 6.08. The number of allylic oxidation sites excluding steroid dienone is 2. The topological polar surface area (TPSA) is 111 Å². The third-order valence-electron chi connectivity index (χ3n) is 8.54. The molecular formula is C39H76NO8P. The minimum absolute atomic E-state index is 0.0297. The maximum Gasteiger partial charge on any atom is 0.306 e. The SMILES string of the molecule is CCCCCCC/C=C/CCCCCCCC(=O)O[C@H](COC(=O)CCCCCCCCCCCCC)COP(=O)([O-])OCC[N+](C)(C)C. The Hall–Kier alpha value is -1.25. The van der Waals surface area contributed by atoms with Gasteiger partial charge in [0.2, 0.25) is 0 Å². The van der Waals surface area contributed by atoms with Crippen LogP contribution in [-0.4, -0.2) is 70.0 Å². The van der Waals surface area contributed by atoms with Crippen molar-refractivity contribution in [2.45, 2.75) is 180 Å². The highest BCUT2D eigenvalue weighted by molar-refractivity contribution is 7.45. The molecule has 49 heavy (non-hydrogen) atoms. The summed E-state index contributed by atoms with van der Waals surface area (Å²) in [4.78, 5) is 37.3. The highest BCUT2D eigenvalue weighted by atomic mass is 31.2.